The van der Waals surface area contributed by atoms with E-state index in [1.165, 1.54) is 7.05 Å². The molecule has 6 nitrogen and oxygen atoms in total. The van der Waals surface area contributed by atoms with Crippen LogP contribution in [-0.2, 0) is 9.53 Å². The van der Waals surface area contributed by atoms with E-state index in [-0.39, 0.29) is 13.2 Å². The summed E-state index contributed by atoms with van der Waals surface area (Å²) in [6, 6.07) is -0.594. The summed E-state index contributed by atoms with van der Waals surface area (Å²) >= 11 is 0. The zero-order valence-corrected chi connectivity index (χ0v) is 8.78. The number of carboxylic acid groups (broad SMARTS) is 1. The van der Waals surface area contributed by atoms with Crippen LogP contribution in [0.4, 0.5) is 13.6 Å². The summed E-state index contributed by atoms with van der Waals surface area (Å²) in [4.78, 5) is 22.3. The van der Waals surface area contributed by atoms with Crippen molar-refractivity contribution in [1.82, 2.24) is 10.2 Å². The Balaban J connectivity index is 3.53. The van der Waals surface area contributed by atoms with Crippen LogP contribution >= 0.6 is 0 Å². The number of halogens is 2. The van der Waals surface area contributed by atoms with Crippen LogP contribution in [0.25, 0.3) is 0 Å². The van der Waals surface area contributed by atoms with Crippen molar-refractivity contribution in [3.63, 3.8) is 0 Å². The van der Waals surface area contributed by atoms with Crippen LogP contribution < -0.4 is 5.32 Å². The largest absolute Gasteiger partial charge is 0.480 e. The van der Waals surface area contributed by atoms with Gasteiger partial charge in [0.1, 0.15) is 13.2 Å². The fourth-order valence-corrected chi connectivity index (χ4v) is 0.812. The SMILES string of the molecule is CN(CC(=O)O)C(=O)NCCOCC(F)F. The number of nitrogens with zero attached hydrogens (tertiary/aromatic N) is 1. The first-order chi connectivity index (χ1) is 7.43. The van der Waals surface area contributed by atoms with E-state index >= 15 is 0 Å². The molecule has 0 aliphatic rings. The molecule has 94 valence electrons. The van der Waals surface area contributed by atoms with Crippen molar-refractivity contribution in [2.24, 2.45) is 0 Å². The van der Waals surface area contributed by atoms with Crippen molar-refractivity contribution in [2.75, 3.05) is 33.4 Å². The molecule has 0 heterocycles. The van der Waals surface area contributed by atoms with Gasteiger partial charge in [-0.05, 0) is 0 Å². The lowest BCUT2D eigenvalue weighted by Gasteiger charge is -2.15. The molecule has 16 heavy (non-hydrogen) atoms. The van der Waals surface area contributed by atoms with Crippen LogP contribution in [0.2, 0.25) is 0 Å². The van der Waals surface area contributed by atoms with Crippen molar-refractivity contribution in [2.45, 2.75) is 6.43 Å². The Morgan fingerprint density at radius 1 is 1.50 bits per heavy atom. The van der Waals surface area contributed by atoms with E-state index in [2.05, 4.69) is 10.1 Å². The summed E-state index contributed by atoms with van der Waals surface area (Å²) in [5, 5.41) is 10.7. The highest BCUT2D eigenvalue weighted by molar-refractivity contribution is 5.79. The molecule has 0 bridgehead atoms. The Kier molecular flexibility index (Phi) is 7.10. The predicted molar refractivity (Wildman–Crippen MR) is 50.5 cm³/mol. The molecule has 0 aromatic carbocycles. The lowest BCUT2D eigenvalue weighted by Crippen LogP contribution is -2.41. The molecule has 0 unspecified atom stereocenters. The third-order valence-electron chi connectivity index (χ3n) is 1.49. The second-order valence-electron chi connectivity index (χ2n) is 2.95. The molecule has 2 amide bonds. The maximum absolute atomic E-state index is 11.6. The third kappa shape index (κ3) is 7.92. The molecule has 0 aromatic rings. The van der Waals surface area contributed by atoms with Gasteiger partial charge < -0.3 is 20.1 Å². The number of alkyl halides is 2. The molecule has 0 fully saturated rings. The van der Waals surface area contributed by atoms with E-state index in [0.717, 1.165) is 4.90 Å². The molecule has 0 aliphatic carbocycles. The zero-order chi connectivity index (χ0) is 12.6. The summed E-state index contributed by atoms with van der Waals surface area (Å²) in [5.74, 6) is -1.13. The second kappa shape index (κ2) is 7.80. The highest BCUT2D eigenvalue weighted by Crippen LogP contribution is 1.91. The van der Waals surface area contributed by atoms with Gasteiger partial charge in [-0.15, -0.1) is 0 Å². The van der Waals surface area contributed by atoms with Gasteiger partial charge in [0.25, 0.3) is 6.43 Å². The Morgan fingerprint density at radius 2 is 2.12 bits per heavy atom. The van der Waals surface area contributed by atoms with Gasteiger partial charge in [-0.2, -0.15) is 0 Å². The summed E-state index contributed by atoms with van der Waals surface area (Å²) in [5.41, 5.74) is 0. The van der Waals surface area contributed by atoms with Crippen LogP contribution in [0.1, 0.15) is 0 Å². The molecule has 0 aromatic heterocycles. The van der Waals surface area contributed by atoms with Crippen LogP contribution in [0, 0.1) is 0 Å². The number of nitrogens with one attached hydrogen (secondary N) is 1. The average molecular weight is 240 g/mol. The van der Waals surface area contributed by atoms with Gasteiger partial charge in [0.05, 0.1) is 6.61 Å². The number of carboxylic acids is 1. The average Bonchev–Trinajstić information content (AvgIpc) is 2.15. The maximum atomic E-state index is 11.6. The van der Waals surface area contributed by atoms with E-state index in [9.17, 15) is 18.4 Å². The van der Waals surface area contributed by atoms with Crippen LogP contribution in [0.15, 0.2) is 0 Å². The highest BCUT2D eigenvalue weighted by Gasteiger charge is 2.10. The minimum atomic E-state index is -2.54. The Hall–Kier alpha value is -1.44. The van der Waals surface area contributed by atoms with Gasteiger partial charge in [-0.1, -0.05) is 0 Å². The summed E-state index contributed by atoms with van der Waals surface area (Å²) in [7, 11) is 1.31. The first kappa shape index (κ1) is 14.6. The van der Waals surface area contributed by atoms with Gasteiger partial charge >= 0.3 is 12.0 Å². The number of aliphatic carboxylic acids is 1. The number of carbonyl (C=O) groups excluding carboxylic acids is 1. The normalized spacial score (nSPS) is 10.2. The smallest absolute Gasteiger partial charge is 0.323 e. The van der Waals surface area contributed by atoms with Crippen molar-refractivity contribution < 1.29 is 28.2 Å². The fourth-order valence-electron chi connectivity index (χ4n) is 0.812. The minimum Gasteiger partial charge on any atom is -0.480 e. The van der Waals surface area contributed by atoms with Gasteiger partial charge in [-0.3, -0.25) is 4.79 Å². The number of rotatable bonds is 7. The molecule has 0 radical (unpaired) electrons. The molecule has 8 heteroatoms. The summed E-state index contributed by atoms with van der Waals surface area (Å²) < 4.78 is 27.7. The van der Waals surface area contributed by atoms with E-state index in [0.29, 0.717) is 0 Å². The maximum Gasteiger partial charge on any atom is 0.323 e. The molecule has 0 rings (SSSR count). The number of amides is 2. The number of hydrogen-bond acceptors (Lipinski definition) is 3. The summed E-state index contributed by atoms with van der Waals surface area (Å²) in [6.45, 7) is -1.10. The van der Waals surface area contributed by atoms with E-state index in [1.54, 1.807) is 0 Å². The fraction of sp³-hybridized carbons (Fsp3) is 0.750. The van der Waals surface area contributed by atoms with Gasteiger partial charge in [0, 0.05) is 13.6 Å². The minimum absolute atomic E-state index is 0.0447. The van der Waals surface area contributed by atoms with Crippen LogP contribution in [0.5, 0.6) is 0 Å². The lowest BCUT2D eigenvalue weighted by molar-refractivity contribution is -0.137. The van der Waals surface area contributed by atoms with Crippen LogP contribution in [0.3, 0.4) is 0 Å². The highest BCUT2D eigenvalue weighted by atomic mass is 19.3. The van der Waals surface area contributed by atoms with Crippen molar-refractivity contribution in [3.8, 4) is 0 Å². The Bertz CT molecular complexity index is 238. The van der Waals surface area contributed by atoms with E-state index in [4.69, 9.17) is 5.11 Å². The molecule has 0 saturated heterocycles. The predicted octanol–water partition coefficient (Wildman–Crippen LogP) is -0.00590. The lowest BCUT2D eigenvalue weighted by atomic mass is 10.5. The zero-order valence-electron chi connectivity index (χ0n) is 8.78. The third-order valence-corrected chi connectivity index (χ3v) is 1.49. The van der Waals surface area contributed by atoms with Gasteiger partial charge in [0.2, 0.25) is 0 Å². The molecular formula is C8H14F2N2O4. The number of likely N-dealkylation sites (N-methyl/N-ethyl adjacent to an activating group) is 1. The van der Waals surface area contributed by atoms with Crippen molar-refractivity contribution in [3.05, 3.63) is 0 Å². The van der Waals surface area contributed by atoms with Gasteiger partial charge in [-0.25, -0.2) is 13.6 Å². The first-order valence-corrected chi connectivity index (χ1v) is 4.50. The topological polar surface area (TPSA) is 78.9 Å². The van der Waals surface area contributed by atoms with Crippen molar-refractivity contribution in [1.29, 1.82) is 0 Å². The molecule has 0 saturated carbocycles. The van der Waals surface area contributed by atoms with Gasteiger partial charge in [0.15, 0.2) is 0 Å². The Labute approximate surface area is 91.2 Å². The second-order valence-corrected chi connectivity index (χ2v) is 2.95. The molecular weight excluding hydrogens is 226 g/mol. The molecule has 0 aliphatic heterocycles. The van der Waals surface area contributed by atoms with E-state index < -0.39 is 31.6 Å². The number of ether oxygens (including phenoxy) is 1. The monoisotopic (exact) mass is 240 g/mol. The summed E-state index contributed by atoms with van der Waals surface area (Å²) in [6.07, 6.45) is -2.54. The van der Waals surface area contributed by atoms with Crippen molar-refractivity contribution >= 4 is 12.0 Å². The molecule has 2 N–H and O–H groups in total. The molecule has 0 atom stereocenters. The first-order valence-electron chi connectivity index (χ1n) is 4.50. The Morgan fingerprint density at radius 3 is 2.62 bits per heavy atom. The quantitative estimate of drug-likeness (QED) is 0.614. The standard InChI is InChI=1S/C8H14F2N2O4/c1-12(4-7(13)14)8(15)11-2-3-16-5-6(9)10/h6H,2-5H2,1H3,(H,11,15)(H,13,14). The number of carbonyl (C=O) groups is 2. The van der Waals surface area contributed by atoms with Crippen LogP contribution in [-0.4, -0.2) is 61.8 Å². The molecule has 0 spiro atoms. The van der Waals surface area contributed by atoms with E-state index in [1.807, 2.05) is 0 Å². The number of hydrogen-bond donors (Lipinski definition) is 2. The number of urea groups is 1.